The minimum absolute atomic E-state index is 0.0101. The number of alkyl carbamates (subject to hydrolysis) is 1. The maximum absolute atomic E-state index is 13.5. The lowest BCUT2D eigenvalue weighted by Crippen LogP contribution is -2.58. The zero-order chi connectivity index (χ0) is 33.1. The predicted octanol–water partition coefficient (Wildman–Crippen LogP) is 2.44. The number of rotatable bonds is 14. The number of benzene rings is 1. The number of primary amides is 1. The van der Waals surface area contributed by atoms with E-state index in [0.29, 0.717) is 17.7 Å². The molecule has 0 radical (unpaired) electrons. The van der Waals surface area contributed by atoms with Gasteiger partial charge in [-0.05, 0) is 71.6 Å². The van der Waals surface area contributed by atoms with Crippen molar-refractivity contribution < 1.29 is 43.3 Å². The van der Waals surface area contributed by atoms with Gasteiger partial charge in [0.2, 0.25) is 17.7 Å². The SMILES string of the molecule is CC[C@@H](C)[C@@H](NC(=O)[C@@H](Cc1ccc(OC(=O)C(C)(C)C)cc1)NC(=O)OC(C)(C)C)C(=O)N[C@@H](CCC(N)=O)C(=O)O. The third-order valence-electron chi connectivity index (χ3n) is 6.28. The Morgan fingerprint density at radius 3 is 1.93 bits per heavy atom. The van der Waals surface area contributed by atoms with Gasteiger partial charge in [-0.2, -0.15) is 0 Å². The number of carboxylic acid groups (broad SMARTS) is 1. The first-order valence-corrected chi connectivity index (χ1v) is 14.2. The zero-order valence-electron chi connectivity index (χ0n) is 26.2. The molecule has 0 aliphatic rings. The van der Waals surface area contributed by atoms with Crippen LogP contribution in [0.4, 0.5) is 4.79 Å². The first-order valence-electron chi connectivity index (χ1n) is 14.2. The maximum atomic E-state index is 13.5. The first kappa shape index (κ1) is 36.9. The molecule has 13 nitrogen and oxygen atoms in total. The van der Waals surface area contributed by atoms with Gasteiger partial charge >= 0.3 is 18.0 Å². The monoisotopic (exact) mass is 606 g/mol. The van der Waals surface area contributed by atoms with Gasteiger partial charge in [-0.1, -0.05) is 32.4 Å². The molecule has 0 bridgehead atoms. The average molecular weight is 607 g/mol. The standard InChI is InChI=1S/C30H46N4O9/c1-9-17(2)23(25(37)32-20(26(38)39)14-15-22(31)35)34-24(36)21(33-28(41)43-30(6,7)8)16-18-10-12-19(13-11-18)42-27(40)29(3,4)5/h10-13,17,20-21,23H,9,14-16H2,1-8H3,(H2,31,35)(H,32,37)(H,33,41)(H,34,36)(H,38,39)/t17-,20+,21-,23-/m1/s1. The molecule has 0 saturated carbocycles. The highest BCUT2D eigenvalue weighted by molar-refractivity contribution is 5.93. The number of amides is 4. The van der Waals surface area contributed by atoms with E-state index < -0.39 is 70.8 Å². The van der Waals surface area contributed by atoms with Crippen LogP contribution in [0.2, 0.25) is 0 Å². The van der Waals surface area contributed by atoms with Gasteiger partial charge in [-0.15, -0.1) is 0 Å². The molecular formula is C30H46N4O9. The van der Waals surface area contributed by atoms with Crippen LogP contribution in [-0.2, 0) is 35.1 Å². The molecule has 0 unspecified atom stereocenters. The Hall–Kier alpha value is -4.16. The van der Waals surface area contributed by atoms with Gasteiger partial charge in [-0.3, -0.25) is 19.2 Å². The van der Waals surface area contributed by atoms with Crippen LogP contribution < -0.4 is 26.4 Å². The molecular weight excluding hydrogens is 560 g/mol. The topological polar surface area (TPSA) is 203 Å². The Morgan fingerprint density at radius 1 is 0.884 bits per heavy atom. The summed E-state index contributed by atoms with van der Waals surface area (Å²) < 4.78 is 10.7. The van der Waals surface area contributed by atoms with Crippen molar-refractivity contribution in [1.82, 2.24) is 16.0 Å². The van der Waals surface area contributed by atoms with E-state index in [1.54, 1.807) is 79.7 Å². The molecule has 0 saturated heterocycles. The molecule has 13 heteroatoms. The van der Waals surface area contributed by atoms with Crippen molar-refractivity contribution in [3.8, 4) is 5.75 Å². The molecule has 1 aromatic rings. The van der Waals surface area contributed by atoms with E-state index in [2.05, 4.69) is 16.0 Å². The van der Waals surface area contributed by atoms with Crippen molar-refractivity contribution in [1.29, 1.82) is 0 Å². The van der Waals surface area contributed by atoms with Gasteiger partial charge in [0.15, 0.2) is 0 Å². The summed E-state index contributed by atoms with van der Waals surface area (Å²) in [6.07, 6.45) is -0.889. The molecule has 0 aliphatic heterocycles. The zero-order valence-corrected chi connectivity index (χ0v) is 26.2. The summed E-state index contributed by atoms with van der Waals surface area (Å²) in [5.74, 6) is -4.08. The van der Waals surface area contributed by atoms with Gasteiger partial charge in [0, 0.05) is 12.8 Å². The summed E-state index contributed by atoms with van der Waals surface area (Å²) in [5, 5.41) is 17.1. The van der Waals surface area contributed by atoms with Crippen LogP contribution >= 0.6 is 0 Å². The second-order valence-electron chi connectivity index (χ2n) is 12.5. The minimum Gasteiger partial charge on any atom is -0.480 e. The Labute approximate surface area is 252 Å². The van der Waals surface area contributed by atoms with Crippen molar-refractivity contribution in [3.63, 3.8) is 0 Å². The number of nitrogens with one attached hydrogen (secondary N) is 3. The van der Waals surface area contributed by atoms with Crippen LogP contribution in [0.15, 0.2) is 24.3 Å². The van der Waals surface area contributed by atoms with Gasteiger partial charge in [0.05, 0.1) is 5.41 Å². The molecule has 0 aromatic heterocycles. The van der Waals surface area contributed by atoms with Crippen molar-refractivity contribution in [2.24, 2.45) is 17.1 Å². The number of esters is 1. The van der Waals surface area contributed by atoms with Crippen LogP contribution in [0.25, 0.3) is 0 Å². The highest BCUT2D eigenvalue weighted by Crippen LogP contribution is 2.20. The summed E-state index contributed by atoms with van der Waals surface area (Å²) in [7, 11) is 0. The van der Waals surface area contributed by atoms with Crippen molar-refractivity contribution in [2.45, 2.75) is 105 Å². The fraction of sp³-hybridized carbons (Fsp3) is 0.600. The lowest BCUT2D eigenvalue weighted by Gasteiger charge is -2.28. The molecule has 240 valence electrons. The molecule has 6 N–H and O–H groups in total. The molecule has 0 aliphatic carbocycles. The second kappa shape index (κ2) is 15.9. The molecule has 4 atom stereocenters. The Balaban J connectivity index is 3.22. The highest BCUT2D eigenvalue weighted by Gasteiger charge is 2.33. The van der Waals surface area contributed by atoms with Gasteiger partial charge < -0.3 is 36.3 Å². The molecule has 1 rings (SSSR count). The summed E-state index contributed by atoms with van der Waals surface area (Å²) in [5.41, 5.74) is 4.17. The van der Waals surface area contributed by atoms with E-state index >= 15 is 0 Å². The number of carbonyl (C=O) groups excluding carboxylic acids is 5. The number of hydrogen-bond donors (Lipinski definition) is 5. The number of carboxylic acids is 1. The average Bonchev–Trinajstić information content (AvgIpc) is 2.87. The van der Waals surface area contributed by atoms with E-state index in [0.717, 1.165) is 0 Å². The normalized spacial score (nSPS) is 14.3. The third-order valence-corrected chi connectivity index (χ3v) is 6.28. The van der Waals surface area contributed by atoms with E-state index in [-0.39, 0.29) is 19.3 Å². The predicted molar refractivity (Wildman–Crippen MR) is 158 cm³/mol. The number of nitrogens with two attached hydrogens (primary N) is 1. The van der Waals surface area contributed by atoms with Crippen molar-refractivity contribution >= 4 is 35.8 Å². The minimum atomic E-state index is -1.40. The van der Waals surface area contributed by atoms with Gasteiger partial charge in [0.25, 0.3) is 0 Å². The molecule has 43 heavy (non-hydrogen) atoms. The van der Waals surface area contributed by atoms with Crippen LogP contribution in [0.5, 0.6) is 5.75 Å². The Kier molecular flexibility index (Phi) is 13.6. The highest BCUT2D eigenvalue weighted by atomic mass is 16.6. The van der Waals surface area contributed by atoms with Gasteiger partial charge in [0.1, 0.15) is 29.5 Å². The van der Waals surface area contributed by atoms with Gasteiger partial charge in [-0.25, -0.2) is 9.59 Å². The van der Waals surface area contributed by atoms with Crippen molar-refractivity contribution in [3.05, 3.63) is 29.8 Å². The lowest BCUT2D eigenvalue weighted by molar-refractivity contribution is -0.143. The summed E-state index contributed by atoms with van der Waals surface area (Å²) in [6.45, 7) is 13.7. The number of hydrogen-bond acceptors (Lipinski definition) is 8. The van der Waals surface area contributed by atoms with E-state index in [9.17, 15) is 33.9 Å². The van der Waals surface area contributed by atoms with E-state index in [1.807, 2.05) is 0 Å². The maximum Gasteiger partial charge on any atom is 0.408 e. The molecule has 1 aromatic carbocycles. The van der Waals surface area contributed by atoms with Crippen LogP contribution in [-0.4, -0.2) is 64.6 Å². The summed E-state index contributed by atoms with van der Waals surface area (Å²) in [4.78, 5) is 74.4. The smallest absolute Gasteiger partial charge is 0.408 e. The first-order chi connectivity index (χ1) is 19.7. The molecule has 0 fully saturated rings. The molecule has 0 spiro atoms. The number of aliphatic carboxylic acids is 1. The quantitative estimate of drug-likeness (QED) is 0.156. The Bertz CT molecular complexity index is 1150. The summed E-state index contributed by atoms with van der Waals surface area (Å²) in [6, 6.07) is 2.65. The number of ether oxygens (including phenoxy) is 2. The Morgan fingerprint density at radius 2 is 1.47 bits per heavy atom. The summed E-state index contributed by atoms with van der Waals surface area (Å²) >= 11 is 0. The van der Waals surface area contributed by atoms with E-state index in [4.69, 9.17) is 15.2 Å². The lowest BCUT2D eigenvalue weighted by atomic mass is 9.96. The van der Waals surface area contributed by atoms with Crippen molar-refractivity contribution in [2.75, 3.05) is 0 Å². The fourth-order valence-corrected chi connectivity index (χ4v) is 3.61. The molecule has 0 heterocycles. The van der Waals surface area contributed by atoms with Crippen LogP contribution in [0, 0.1) is 11.3 Å². The van der Waals surface area contributed by atoms with E-state index in [1.165, 1.54) is 0 Å². The number of carbonyl (C=O) groups is 6. The molecule has 4 amide bonds. The second-order valence-corrected chi connectivity index (χ2v) is 12.5. The third kappa shape index (κ3) is 13.6. The van der Waals surface area contributed by atoms with Crippen LogP contribution in [0.1, 0.15) is 80.2 Å². The van der Waals surface area contributed by atoms with Crippen LogP contribution in [0.3, 0.4) is 0 Å². The largest absolute Gasteiger partial charge is 0.480 e. The fourth-order valence-electron chi connectivity index (χ4n) is 3.61.